The van der Waals surface area contributed by atoms with Gasteiger partial charge in [0.15, 0.2) is 0 Å². The number of likely N-dealkylation sites (N-methyl/N-ethyl adjacent to an activating group) is 1. The molecular formula is C10H17BrN2O4. The third-order valence-electron chi connectivity index (χ3n) is 2.50. The molecule has 1 N–H and O–H groups in total. The Balaban J connectivity index is 2.80. The van der Waals surface area contributed by atoms with Crippen LogP contribution in [0.2, 0.25) is 0 Å². The molecule has 3 unspecified atom stereocenters. The van der Waals surface area contributed by atoms with Gasteiger partial charge in [-0.15, -0.1) is 0 Å². The van der Waals surface area contributed by atoms with Crippen molar-refractivity contribution >= 4 is 27.9 Å². The molecule has 17 heavy (non-hydrogen) atoms. The van der Waals surface area contributed by atoms with E-state index < -0.39 is 24.0 Å². The van der Waals surface area contributed by atoms with Crippen LogP contribution in [0.3, 0.4) is 0 Å². The second kappa shape index (κ2) is 6.32. The molecule has 7 heteroatoms. The minimum absolute atomic E-state index is 0.258. The number of esters is 2. The van der Waals surface area contributed by atoms with Crippen LogP contribution >= 0.6 is 15.9 Å². The normalized spacial score (nSPS) is 29.1. The van der Waals surface area contributed by atoms with E-state index in [1.54, 1.807) is 25.8 Å². The average molecular weight is 309 g/mol. The van der Waals surface area contributed by atoms with Crippen LogP contribution in [0.1, 0.15) is 13.8 Å². The van der Waals surface area contributed by atoms with Crippen LogP contribution in [-0.4, -0.2) is 54.3 Å². The molecule has 0 aromatic heterocycles. The number of rotatable bonds is 4. The molecule has 98 valence electrons. The van der Waals surface area contributed by atoms with E-state index in [-0.39, 0.29) is 18.3 Å². The van der Waals surface area contributed by atoms with Crippen molar-refractivity contribution in [3.8, 4) is 0 Å². The van der Waals surface area contributed by atoms with Gasteiger partial charge in [-0.1, -0.05) is 15.9 Å². The summed E-state index contributed by atoms with van der Waals surface area (Å²) in [5.74, 6) is -0.873. The molecule has 1 aliphatic heterocycles. The van der Waals surface area contributed by atoms with Gasteiger partial charge in [-0.2, -0.15) is 0 Å². The van der Waals surface area contributed by atoms with Gasteiger partial charge in [-0.05, 0) is 20.9 Å². The van der Waals surface area contributed by atoms with Gasteiger partial charge in [0.25, 0.3) is 0 Å². The van der Waals surface area contributed by atoms with Crippen molar-refractivity contribution in [2.75, 3.05) is 20.3 Å². The molecule has 0 saturated carbocycles. The lowest BCUT2D eigenvalue weighted by Gasteiger charge is -2.21. The van der Waals surface area contributed by atoms with Crippen molar-refractivity contribution in [3.05, 3.63) is 0 Å². The number of ether oxygens (including phenoxy) is 2. The maximum absolute atomic E-state index is 11.8. The highest BCUT2D eigenvalue weighted by molar-refractivity contribution is 9.09. The van der Waals surface area contributed by atoms with Crippen LogP contribution in [0.4, 0.5) is 0 Å². The highest BCUT2D eigenvalue weighted by Crippen LogP contribution is 2.21. The van der Waals surface area contributed by atoms with E-state index in [4.69, 9.17) is 9.47 Å². The van der Waals surface area contributed by atoms with Gasteiger partial charge in [0, 0.05) is 0 Å². The number of halogens is 1. The number of hydrogen-bond acceptors (Lipinski definition) is 6. The van der Waals surface area contributed by atoms with Crippen LogP contribution in [-0.2, 0) is 19.1 Å². The standard InChI is InChI=1S/C10H17BrN2O4/c1-4-16-8(14)6-7(9(15)17-5-2)13(3)10(11)12-6/h6-7,10,12H,4-5H2,1-3H3. The van der Waals surface area contributed by atoms with Crippen molar-refractivity contribution < 1.29 is 19.1 Å². The molecule has 0 bridgehead atoms. The van der Waals surface area contributed by atoms with Gasteiger partial charge in [-0.3, -0.25) is 19.8 Å². The summed E-state index contributed by atoms with van der Waals surface area (Å²) < 4.78 is 9.88. The monoisotopic (exact) mass is 308 g/mol. The Bertz CT molecular complexity index is 300. The van der Waals surface area contributed by atoms with Gasteiger partial charge >= 0.3 is 11.9 Å². The van der Waals surface area contributed by atoms with Crippen LogP contribution in [0.5, 0.6) is 0 Å². The zero-order valence-electron chi connectivity index (χ0n) is 10.1. The first-order valence-corrected chi connectivity index (χ1v) is 6.39. The Labute approximate surface area is 109 Å². The smallest absolute Gasteiger partial charge is 0.325 e. The van der Waals surface area contributed by atoms with Gasteiger partial charge in [0.2, 0.25) is 0 Å². The van der Waals surface area contributed by atoms with Gasteiger partial charge in [0.1, 0.15) is 17.2 Å². The zero-order valence-corrected chi connectivity index (χ0v) is 11.7. The van der Waals surface area contributed by atoms with E-state index in [0.717, 1.165) is 0 Å². The summed E-state index contributed by atoms with van der Waals surface area (Å²) in [7, 11) is 1.73. The van der Waals surface area contributed by atoms with Gasteiger partial charge in [-0.25, -0.2) is 0 Å². The molecule has 1 saturated heterocycles. The predicted octanol–water partition coefficient (Wildman–Crippen LogP) is 0.0633. The number of nitrogens with one attached hydrogen (secondary N) is 1. The van der Waals surface area contributed by atoms with E-state index in [1.165, 1.54) is 0 Å². The van der Waals surface area contributed by atoms with E-state index in [0.29, 0.717) is 0 Å². The van der Waals surface area contributed by atoms with Crippen molar-refractivity contribution in [3.63, 3.8) is 0 Å². The molecule has 6 nitrogen and oxygen atoms in total. The molecule has 0 radical (unpaired) electrons. The second-order valence-electron chi connectivity index (χ2n) is 3.59. The molecule has 0 amide bonds. The summed E-state index contributed by atoms with van der Waals surface area (Å²) in [5.41, 5.74) is 0. The summed E-state index contributed by atoms with van der Waals surface area (Å²) in [4.78, 5) is 25.2. The van der Waals surface area contributed by atoms with Crippen molar-refractivity contribution in [2.45, 2.75) is 31.0 Å². The minimum Gasteiger partial charge on any atom is -0.465 e. The second-order valence-corrected chi connectivity index (χ2v) is 4.46. The molecule has 1 fully saturated rings. The average Bonchev–Trinajstić information content (AvgIpc) is 2.56. The van der Waals surface area contributed by atoms with Crippen molar-refractivity contribution in [2.24, 2.45) is 0 Å². The fraction of sp³-hybridized carbons (Fsp3) is 0.800. The van der Waals surface area contributed by atoms with Gasteiger partial charge in [0.05, 0.1) is 13.2 Å². The molecule has 0 spiro atoms. The predicted molar refractivity (Wildman–Crippen MR) is 64.5 cm³/mol. The highest BCUT2D eigenvalue weighted by atomic mass is 79.9. The summed E-state index contributed by atoms with van der Waals surface area (Å²) in [6, 6.07) is -1.37. The highest BCUT2D eigenvalue weighted by Gasteiger charge is 2.47. The van der Waals surface area contributed by atoms with Crippen LogP contribution < -0.4 is 5.32 Å². The fourth-order valence-corrected chi connectivity index (χ4v) is 2.23. The Morgan fingerprint density at radius 3 is 2.29 bits per heavy atom. The Morgan fingerprint density at radius 1 is 1.24 bits per heavy atom. The fourth-order valence-electron chi connectivity index (χ4n) is 1.69. The quantitative estimate of drug-likeness (QED) is 0.450. The van der Waals surface area contributed by atoms with E-state index in [2.05, 4.69) is 21.2 Å². The summed E-state index contributed by atoms with van der Waals surface area (Å²) in [6.07, 6.45) is 0. The lowest BCUT2D eigenvalue weighted by atomic mass is 10.1. The first kappa shape index (κ1) is 14.4. The topological polar surface area (TPSA) is 67.9 Å². The van der Waals surface area contributed by atoms with Crippen molar-refractivity contribution in [1.29, 1.82) is 0 Å². The maximum Gasteiger partial charge on any atom is 0.325 e. The lowest BCUT2D eigenvalue weighted by molar-refractivity contribution is -0.155. The first-order chi connectivity index (χ1) is 8.02. The molecule has 0 aliphatic carbocycles. The number of nitrogens with zero attached hydrogens (tertiary/aromatic N) is 1. The lowest BCUT2D eigenvalue weighted by Crippen LogP contribution is -2.47. The third kappa shape index (κ3) is 3.17. The first-order valence-electron chi connectivity index (χ1n) is 5.48. The molecular weight excluding hydrogens is 292 g/mol. The SMILES string of the molecule is CCOC(=O)C1NC(Br)N(C)C1C(=O)OCC. The van der Waals surface area contributed by atoms with E-state index in [1.807, 2.05) is 0 Å². The number of hydrogen-bond donors (Lipinski definition) is 1. The Morgan fingerprint density at radius 2 is 1.76 bits per heavy atom. The molecule has 3 atom stereocenters. The van der Waals surface area contributed by atoms with E-state index >= 15 is 0 Å². The number of carbonyl (C=O) groups is 2. The number of carbonyl (C=O) groups excluding carboxylic acids is 2. The molecule has 1 rings (SSSR count). The third-order valence-corrected chi connectivity index (χ3v) is 3.41. The number of alkyl halides is 1. The Hall–Kier alpha value is -0.660. The maximum atomic E-state index is 11.8. The summed E-state index contributed by atoms with van der Waals surface area (Å²) in [5, 5.41) is 2.69. The minimum atomic E-state index is -0.705. The molecule has 0 aromatic carbocycles. The van der Waals surface area contributed by atoms with Crippen LogP contribution in [0, 0.1) is 0 Å². The van der Waals surface area contributed by atoms with Crippen LogP contribution in [0.25, 0.3) is 0 Å². The van der Waals surface area contributed by atoms with E-state index in [9.17, 15) is 9.59 Å². The summed E-state index contributed by atoms with van der Waals surface area (Å²) >= 11 is 3.32. The molecule has 0 aromatic rings. The largest absolute Gasteiger partial charge is 0.465 e. The molecule has 1 heterocycles. The van der Waals surface area contributed by atoms with Crippen molar-refractivity contribution in [1.82, 2.24) is 10.2 Å². The zero-order chi connectivity index (χ0) is 13.0. The summed E-state index contributed by atoms with van der Waals surface area (Å²) in [6.45, 7) is 4.02. The van der Waals surface area contributed by atoms with Crippen LogP contribution in [0.15, 0.2) is 0 Å². The Kier molecular flexibility index (Phi) is 5.35. The molecule has 1 aliphatic rings. The van der Waals surface area contributed by atoms with Gasteiger partial charge < -0.3 is 9.47 Å².